The lowest BCUT2D eigenvalue weighted by molar-refractivity contribution is 0.0955. The first-order valence-electron chi connectivity index (χ1n) is 5.88. The van der Waals surface area contributed by atoms with Gasteiger partial charge in [-0.1, -0.05) is 12.1 Å². The van der Waals surface area contributed by atoms with E-state index in [-0.39, 0.29) is 11.7 Å². The first-order chi connectivity index (χ1) is 9.20. The molecule has 2 N–H and O–H groups in total. The van der Waals surface area contributed by atoms with Crippen molar-refractivity contribution in [2.45, 2.75) is 6.42 Å². The van der Waals surface area contributed by atoms with Gasteiger partial charge in [-0.15, -0.1) is 11.3 Å². The standard InChI is InChI=1S/C14H15NO3S/c1-18-12-7-9-19-13(12)14(17)15-8-6-10-2-4-11(16)5-3-10/h2-5,7,9,16H,6,8H2,1H3,(H,15,17). The second-order valence-electron chi connectivity index (χ2n) is 3.99. The highest BCUT2D eigenvalue weighted by Crippen LogP contribution is 2.23. The van der Waals surface area contributed by atoms with Crippen LogP contribution in [0.1, 0.15) is 15.2 Å². The average molecular weight is 277 g/mol. The molecule has 0 saturated carbocycles. The van der Waals surface area contributed by atoms with E-state index >= 15 is 0 Å². The maximum Gasteiger partial charge on any atom is 0.265 e. The zero-order valence-electron chi connectivity index (χ0n) is 10.6. The van der Waals surface area contributed by atoms with Gasteiger partial charge >= 0.3 is 0 Å². The van der Waals surface area contributed by atoms with Gasteiger partial charge in [0.05, 0.1) is 7.11 Å². The van der Waals surface area contributed by atoms with Gasteiger partial charge in [0.25, 0.3) is 5.91 Å². The summed E-state index contributed by atoms with van der Waals surface area (Å²) >= 11 is 1.36. The number of rotatable bonds is 5. The minimum atomic E-state index is -0.120. The molecule has 1 aromatic carbocycles. The summed E-state index contributed by atoms with van der Waals surface area (Å²) in [5, 5.41) is 13.8. The lowest BCUT2D eigenvalue weighted by Crippen LogP contribution is -2.25. The van der Waals surface area contributed by atoms with Crippen LogP contribution in [0.25, 0.3) is 0 Å². The number of hydrogen-bond donors (Lipinski definition) is 2. The van der Waals surface area contributed by atoms with E-state index in [2.05, 4.69) is 5.32 Å². The molecule has 1 heterocycles. The number of amides is 1. The summed E-state index contributed by atoms with van der Waals surface area (Å²) in [6, 6.07) is 8.74. The van der Waals surface area contributed by atoms with Crippen molar-refractivity contribution in [1.82, 2.24) is 5.32 Å². The molecular weight excluding hydrogens is 262 g/mol. The van der Waals surface area contributed by atoms with Crippen molar-refractivity contribution in [3.05, 3.63) is 46.2 Å². The molecule has 0 radical (unpaired) electrons. The van der Waals surface area contributed by atoms with E-state index in [0.29, 0.717) is 17.2 Å². The van der Waals surface area contributed by atoms with Crippen LogP contribution >= 0.6 is 11.3 Å². The number of nitrogens with one attached hydrogen (secondary N) is 1. The smallest absolute Gasteiger partial charge is 0.265 e. The number of carbonyl (C=O) groups excluding carboxylic acids is 1. The van der Waals surface area contributed by atoms with Gasteiger partial charge in [-0.25, -0.2) is 0 Å². The van der Waals surface area contributed by atoms with Crippen LogP contribution in [-0.4, -0.2) is 24.7 Å². The summed E-state index contributed by atoms with van der Waals surface area (Å²) in [6.45, 7) is 0.546. The Morgan fingerprint density at radius 2 is 2.05 bits per heavy atom. The van der Waals surface area contributed by atoms with Gasteiger partial charge in [-0.2, -0.15) is 0 Å². The third-order valence-corrected chi connectivity index (χ3v) is 3.59. The molecule has 0 spiro atoms. The van der Waals surface area contributed by atoms with Gasteiger partial charge < -0.3 is 15.2 Å². The predicted molar refractivity (Wildman–Crippen MR) is 75.0 cm³/mol. The van der Waals surface area contributed by atoms with E-state index < -0.39 is 0 Å². The van der Waals surface area contributed by atoms with Crippen LogP contribution in [0.5, 0.6) is 11.5 Å². The van der Waals surface area contributed by atoms with Gasteiger partial charge in [-0.05, 0) is 35.6 Å². The highest BCUT2D eigenvalue weighted by Gasteiger charge is 2.12. The lowest BCUT2D eigenvalue weighted by atomic mass is 10.1. The monoisotopic (exact) mass is 277 g/mol. The third-order valence-electron chi connectivity index (χ3n) is 2.69. The van der Waals surface area contributed by atoms with Gasteiger partial charge in [0.15, 0.2) is 0 Å². The third kappa shape index (κ3) is 3.48. The molecule has 19 heavy (non-hydrogen) atoms. The minimum absolute atomic E-state index is 0.120. The van der Waals surface area contributed by atoms with Gasteiger partial charge in [0.2, 0.25) is 0 Å². The summed E-state index contributed by atoms with van der Waals surface area (Å²) in [4.78, 5) is 12.5. The SMILES string of the molecule is COc1ccsc1C(=O)NCCc1ccc(O)cc1. The summed E-state index contributed by atoms with van der Waals surface area (Å²) in [6.07, 6.45) is 0.722. The summed E-state index contributed by atoms with van der Waals surface area (Å²) < 4.78 is 5.11. The Labute approximate surface area is 115 Å². The van der Waals surface area contributed by atoms with E-state index in [1.54, 1.807) is 25.3 Å². The number of ether oxygens (including phenoxy) is 1. The first-order valence-corrected chi connectivity index (χ1v) is 6.76. The van der Waals surface area contributed by atoms with Crippen LogP contribution in [0.4, 0.5) is 0 Å². The Balaban J connectivity index is 1.86. The van der Waals surface area contributed by atoms with Gasteiger partial charge in [-0.3, -0.25) is 4.79 Å². The fourth-order valence-electron chi connectivity index (χ4n) is 1.69. The second-order valence-corrected chi connectivity index (χ2v) is 4.91. The molecule has 0 atom stereocenters. The number of methoxy groups -OCH3 is 1. The molecule has 100 valence electrons. The van der Waals surface area contributed by atoms with Crippen molar-refractivity contribution < 1.29 is 14.6 Å². The molecule has 2 rings (SSSR count). The average Bonchev–Trinajstić information content (AvgIpc) is 2.89. The molecule has 2 aromatic rings. The van der Waals surface area contributed by atoms with Crippen molar-refractivity contribution in [1.29, 1.82) is 0 Å². The normalized spacial score (nSPS) is 10.2. The summed E-state index contributed by atoms with van der Waals surface area (Å²) in [5.41, 5.74) is 1.07. The molecule has 0 saturated heterocycles. The molecule has 0 fully saturated rings. The molecule has 0 aliphatic heterocycles. The van der Waals surface area contributed by atoms with Crippen LogP contribution in [0.2, 0.25) is 0 Å². The number of hydrogen-bond acceptors (Lipinski definition) is 4. The van der Waals surface area contributed by atoms with Crippen LogP contribution in [0.15, 0.2) is 35.7 Å². The van der Waals surface area contributed by atoms with E-state index in [4.69, 9.17) is 4.74 Å². The van der Waals surface area contributed by atoms with Gasteiger partial charge in [0, 0.05) is 6.54 Å². The Hall–Kier alpha value is -2.01. The highest BCUT2D eigenvalue weighted by atomic mass is 32.1. The maximum absolute atomic E-state index is 11.9. The van der Waals surface area contributed by atoms with Crippen molar-refractivity contribution >= 4 is 17.2 Å². The van der Waals surface area contributed by atoms with Crippen molar-refractivity contribution in [3.63, 3.8) is 0 Å². The Bertz CT molecular complexity index is 548. The topological polar surface area (TPSA) is 58.6 Å². The van der Waals surface area contributed by atoms with Crippen molar-refractivity contribution in [2.24, 2.45) is 0 Å². The molecule has 0 aliphatic carbocycles. The molecule has 0 bridgehead atoms. The quantitative estimate of drug-likeness (QED) is 0.882. The van der Waals surface area contributed by atoms with Gasteiger partial charge in [0.1, 0.15) is 16.4 Å². The summed E-state index contributed by atoms with van der Waals surface area (Å²) in [7, 11) is 1.55. The highest BCUT2D eigenvalue weighted by molar-refractivity contribution is 7.12. The fourth-order valence-corrected chi connectivity index (χ4v) is 2.46. The summed E-state index contributed by atoms with van der Waals surface area (Å²) in [5.74, 6) is 0.730. The molecule has 1 aromatic heterocycles. The molecule has 1 amide bonds. The van der Waals surface area contributed by atoms with Crippen molar-refractivity contribution in [3.8, 4) is 11.5 Å². The minimum Gasteiger partial charge on any atom is -0.508 e. The van der Waals surface area contributed by atoms with E-state index in [0.717, 1.165) is 12.0 Å². The molecule has 0 unspecified atom stereocenters. The number of thiophene rings is 1. The van der Waals surface area contributed by atoms with E-state index in [1.807, 2.05) is 17.5 Å². The molecular formula is C14H15NO3S. The van der Waals surface area contributed by atoms with Crippen LogP contribution in [0.3, 0.4) is 0 Å². The number of carbonyl (C=O) groups is 1. The fraction of sp³-hybridized carbons (Fsp3) is 0.214. The zero-order chi connectivity index (χ0) is 13.7. The number of benzene rings is 1. The predicted octanol–water partition coefficient (Wildman–Crippen LogP) is 2.43. The van der Waals surface area contributed by atoms with Crippen LogP contribution < -0.4 is 10.1 Å². The Kier molecular flexibility index (Phi) is 4.41. The van der Waals surface area contributed by atoms with E-state index in [9.17, 15) is 9.90 Å². The molecule has 0 aliphatic rings. The molecule has 4 nitrogen and oxygen atoms in total. The van der Waals surface area contributed by atoms with E-state index in [1.165, 1.54) is 11.3 Å². The van der Waals surface area contributed by atoms with Crippen LogP contribution in [-0.2, 0) is 6.42 Å². The molecule has 5 heteroatoms. The Morgan fingerprint density at radius 1 is 1.32 bits per heavy atom. The lowest BCUT2D eigenvalue weighted by Gasteiger charge is -2.05. The number of phenols is 1. The zero-order valence-corrected chi connectivity index (χ0v) is 11.4. The number of phenolic OH excluding ortho intramolecular Hbond substituents is 1. The first kappa shape index (κ1) is 13.4. The maximum atomic E-state index is 11.9. The largest absolute Gasteiger partial charge is 0.508 e. The van der Waals surface area contributed by atoms with Crippen LogP contribution in [0, 0.1) is 0 Å². The Morgan fingerprint density at radius 3 is 2.74 bits per heavy atom. The second kappa shape index (κ2) is 6.24. The van der Waals surface area contributed by atoms with Crippen molar-refractivity contribution in [2.75, 3.05) is 13.7 Å². The number of aromatic hydroxyl groups is 1.